The largest absolute Gasteiger partial charge is 0.375 e. The number of hydrogen-bond donors (Lipinski definition) is 1. The Balaban J connectivity index is 2.17. The van der Waals surface area contributed by atoms with Crippen LogP contribution < -0.4 is 5.32 Å². The normalized spacial score (nSPS) is 13.5. The summed E-state index contributed by atoms with van der Waals surface area (Å²) in [6.07, 6.45) is 1.16. The number of methoxy groups -OCH3 is 1. The monoisotopic (exact) mass is 338 g/mol. The van der Waals surface area contributed by atoms with Crippen LogP contribution in [-0.2, 0) is 4.74 Å². The molecule has 0 fully saturated rings. The maximum Gasteiger partial charge on any atom is 0.254 e. The molecule has 0 aliphatic carbocycles. The smallest absolute Gasteiger partial charge is 0.254 e. The molecule has 1 heterocycles. The van der Waals surface area contributed by atoms with E-state index in [1.54, 1.807) is 25.3 Å². The molecule has 2 aromatic rings. The summed E-state index contributed by atoms with van der Waals surface area (Å²) in [6, 6.07) is 10.4. The number of halogens is 2. The molecule has 116 valence electrons. The molecule has 6 heteroatoms. The number of hydrogen-bond acceptors (Lipinski definition) is 3. The molecule has 1 N–H and O–H groups in total. The molecule has 0 unspecified atom stereocenters. The maximum absolute atomic E-state index is 12.3. The first-order chi connectivity index (χ1) is 10.5. The van der Waals surface area contributed by atoms with E-state index in [1.165, 1.54) is 6.20 Å². The number of nitrogens with zero attached hydrogens (tertiary/aromatic N) is 1. The van der Waals surface area contributed by atoms with Crippen molar-refractivity contribution in [1.29, 1.82) is 0 Å². The topological polar surface area (TPSA) is 51.2 Å². The van der Waals surface area contributed by atoms with Crippen molar-refractivity contribution in [2.45, 2.75) is 19.1 Å². The van der Waals surface area contributed by atoms with Gasteiger partial charge in [0.2, 0.25) is 0 Å². The van der Waals surface area contributed by atoms with E-state index in [-0.39, 0.29) is 23.2 Å². The van der Waals surface area contributed by atoms with Gasteiger partial charge >= 0.3 is 0 Å². The second-order valence-electron chi connectivity index (χ2n) is 4.78. The van der Waals surface area contributed by atoms with Crippen molar-refractivity contribution in [2.24, 2.45) is 0 Å². The van der Waals surface area contributed by atoms with Crippen LogP contribution in [0.25, 0.3) is 0 Å². The van der Waals surface area contributed by atoms with E-state index in [9.17, 15) is 4.79 Å². The number of ether oxygens (including phenoxy) is 1. The van der Waals surface area contributed by atoms with Crippen molar-refractivity contribution in [3.8, 4) is 0 Å². The van der Waals surface area contributed by atoms with Gasteiger partial charge in [-0.05, 0) is 25.1 Å². The highest BCUT2D eigenvalue weighted by Gasteiger charge is 2.23. The van der Waals surface area contributed by atoms with Gasteiger partial charge < -0.3 is 10.1 Å². The van der Waals surface area contributed by atoms with Crippen molar-refractivity contribution in [3.05, 3.63) is 63.9 Å². The van der Waals surface area contributed by atoms with Gasteiger partial charge in [0.15, 0.2) is 0 Å². The Labute approximate surface area is 139 Å². The highest BCUT2D eigenvalue weighted by molar-refractivity contribution is 6.32. The lowest BCUT2D eigenvalue weighted by Gasteiger charge is -2.25. The predicted molar refractivity (Wildman–Crippen MR) is 87.4 cm³/mol. The Morgan fingerprint density at radius 2 is 1.95 bits per heavy atom. The molecule has 4 nitrogen and oxygen atoms in total. The van der Waals surface area contributed by atoms with E-state index >= 15 is 0 Å². The van der Waals surface area contributed by atoms with Gasteiger partial charge in [0.05, 0.1) is 11.6 Å². The lowest BCUT2D eigenvalue weighted by Crippen LogP contribution is -2.38. The van der Waals surface area contributed by atoms with Gasteiger partial charge in [-0.3, -0.25) is 4.79 Å². The van der Waals surface area contributed by atoms with Crippen LogP contribution in [-0.4, -0.2) is 24.0 Å². The first-order valence-electron chi connectivity index (χ1n) is 6.73. The number of carbonyl (C=O) groups is 1. The number of carbonyl (C=O) groups excluding carboxylic acids is 1. The Kier molecular flexibility index (Phi) is 5.77. The Bertz CT molecular complexity index is 664. The van der Waals surface area contributed by atoms with Crippen LogP contribution in [0.15, 0.2) is 42.6 Å². The van der Waals surface area contributed by atoms with Gasteiger partial charge in [-0.2, -0.15) is 0 Å². The van der Waals surface area contributed by atoms with Gasteiger partial charge in [0.25, 0.3) is 5.91 Å². The average molecular weight is 339 g/mol. The quantitative estimate of drug-likeness (QED) is 0.841. The summed E-state index contributed by atoms with van der Waals surface area (Å²) in [5.74, 6) is -0.306. The molecular formula is C16H16Cl2N2O2. The summed E-state index contributed by atoms with van der Waals surface area (Å²) in [7, 11) is 1.58. The van der Waals surface area contributed by atoms with Crippen LogP contribution in [0, 0.1) is 0 Å². The minimum atomic E-state index is -0.368. The number of benzene rings is 1. The summed E-state index contributed by atoms with van der Waals surface area (Å²) >= 11 is 12.1. The maximum atomic E-state index is 12.3. The third-order valence-electron chi connectivity index (χ3n) is 3.28. The molecule has 0 aliphatic heterocycles. The number of aromatic nitrogens is 1. The molecule has 1 aromatic carbocycles. The second-order valence-corrected chi connectivity index (χ2v) is 5.55. The Hall–Kier alpha value is -1.62. The summed E-state index contributed by atoms with van der Waals surface area (Å²) in [5, 5.41) is 3.62. The molecule has 1 amide bonds. The summed E-state index contributed by atoms with van der Waals surface area (Å²) in [5.41, 5.74) is 1.14. The Morgan fingerprint density at radius 3 is 2.59 bits per heavy atom. The van der Waals surface area contributed by atoms with Gasteiger partial charge in [0.1, 0.15) is 11.3 Å². The van der Waals surface area contributed by atoms with Crippen LogP contribution in [0.5, 0.6) is 0 Å². The standard InChI is InChI=1S/C16H16Cl2N2O2/c1-10(14(22-2)11-6-3-4-8-13(11)17)20-16(21)12-7-5-9-19-15(12)18/h3-10,14H,1-2H3,(H,20,21)/t10-,14+/m0/s1. The molecule has 2 atom stereocenters. The first-order valence-corrected chi connectivity index (χ1v) is 7.48. The van der Waals surface area contributed by atoms with E-state index in [0.717, 1.165) is 5.56 Å². The highest BCUT2D eigenvalue weighted by Crippen LogP contribution is 2.27. The van der Waals surface area contributed by atoms with Crippen molar-refractivity contribution in [1.82, 2.24) is 10.3 Å². The third-order valence-corrected chi connectivity index (χ3v) is 3.93. The second kappa shape index (κ2) is 7.58. The third kappa shape index (κ3) is 3.77. The minimum absolute atomic E-state index is 0.166. The SMILES string of the molecule is CO[C@@H](c1ccccc1Cl)[C@H](C)NC(=O)c1cccnc1Cl. The van der Waals surface area contributed by atoms with E-state index in [2.05, 4.69) is 10.3 Å². The molecule has 0 aliphatic rings. The molecular weight excluding hydrogens is 323 g/mol. The van der Waals surface area contributed by atoms with Crippen molar-refractivity contribution >= 4 is 29.1 Å². The highest BCUT2D eigenvalue weighted by atomic mass is 35.5. The van der Waals surface area contributed by atoms with Crippen LogP contribution in [0.4, 0.5) is 0 Å². The molecule has 0 saturated carbocycles. The van der Waals surface area contributed by atoms with Crippen molar-refractivity contribution in [2.75, 3.05) is 7.11 Å². The molecule has 0 spiro atoms. The minimum Gasteiger partial charge on any atom is -0.375 e. The zero-order valence-electron chi connectivity index (χ0n) is 12.2. The zero-order chi connectivity index (χ0) is 16.1. The van der Waals surface area contributed by atoms with Gasteiger partial charge in [-0.1, -0.05) is 41.4 Å². The fourth-order valence-corrected chi connectivity index (χ4v) is 2.67. The Morgan fingerprint density at radius 1 is 1.23 bits per heavy atom. The number of pyridine rings is 1. The summed E-state index contributed by atoms with van der Waals surface area (Å²) in [4.78, 5) is 16.2. The van der Waals surface area contributed by atoms with E-state index < -0.39 is 0 Å². The summed E-state index contributed by atoms with van der Waals surface area (Å²) in [6.45, 7) is 1.85. The van der Waals surface area contributed by atoms with E-state index in [4.69, 9.17) is 27.9 Å². The molecule has 22 heavy (non-hydrogen) atoms. The van der Waals surface area contributed by atoms with E-state index in [0.29, 0.717) is 10.6 Å². The molecule has 0 bridgehead atoms. The fraction of sp³-hybridized carbons (Fsp3) is 0.250. The van der Waals surface area contributed by atoms with Gasteiger partial charge in [-0.25, -0.2) is 4.98 Å². The molecule has 2 rings (SSSR count). The zero-order valence-corrected chi connectivity index (χ0v) is 13.7. The fourth-order valence-electron chi connectivity index (χ4n) is 2.22. The van der Waals surface area contributed by atoms with Crippen molar-refractivity contribution < 1.29 is 9.53 Å². The van der Waals surface area contributed by atoms with Crippen LogP contribution in [0.2, 0.25) is 10.2 Å². The van der Waals surface area contributed by atoms with Crippen LogP contribution in [0.3, 0.4) is 0 Å². The molecule has 0 radical (unpaired) electrons. The van der Waals surface area contributed by atoms with Crippen molar-refractivity contribution in [3.63, 3.8) is 0 Å². The average Bonchev–Trinajstić information content (AvgIpc) is 2.50. The van der Waals surface area contributed by atoms with E-state index in [1.807, 2.05) is 25.1 Å². The number of amides is 1. The number of nitrogens with one attached hydrogen (secondary N) is 1. The lowest BCUT2D eigenvalue weighted by molar-refractivity contribution is 0.0645. The first kappa shape index (κ1) is 16.7. The molecule has 0 saturated heterocycles. The lowest BCUT2D eigenvalue weighted by atomic mass is 10.0. The van der Waals surface area contributed by atoms with Crippen LogP contribution >= 0.6 is 23.2 Å². The predicted octanol–water partition coefficient (Wildman–Crippen LogP) is 3.89. The number of rotatable bonds is 5. The van der Waals surface area contributed by atoms with Gasteiger partial charge in [0, 0.05) is 23.9 Å². The molecule has 1 aromatic heterocycles. The summed E-state index contributed by atoms with van der Waals surface area (Å²) < 4.78 is 5.50. The van der Waals surface area contributed by atoms with Gasteiger partial charge in [-0.15, -0.1) is 0 Å². The van der Waals surface area contributed by atoms with Crippen LogP contribution in [0.1, 0.15) is 28.9 Å².